The van der Waals surface area contributed by atoms with Gasteiger partial charge in [-0.15, -0.1) is 0 Å². The average molecular weight is 326 g/mol. The molecule has 0 bridgehead atoms. The highest BCUT2D eigenvalue weighted by molar-refractivity contribution is 7.90. The maximum atomic E-state index is 12.5. The summed E-state index contributed by atoms with van der Waals surface area (Å²) in [6.45, 7) is 0.717. The molecule has 1 aliphatic heterocycles. The van der Waals surface area contributed by atoms with Crippen molar-refractivity contribution < 1.29 is 21.6 Å². The second-order valence-electron chi connectivity index (χ2n) is 5.68. The van der Waals surface area contributed by atoms with E-state index in [0.717, 1.165) is 25.8 Å². The molecule has 2 rings (SSSR count). The Bertz CT molecular complexity index is 468. The summed E-state index contributed by atoms with van der Waals surface area (Å²) >= 11 is 0. The van der Waals surface area contributed by atoms with Crippen LogP contribution in [-0.2, 0) is 10.0 Å². The normalized spacial score (nSPS) is 26.1. The molecule has 2 aliphatic rings. The Balaban J connectivity index is 1.77. The van der Waals surface area contributed by atoms with Crippen LogP contribution >= 0.6 is 0 Å². The highest BCUT2D eigenvalue weighted by Gasteiger charge is 2.50. The highest BCUT2D eigenvalue weighted by Crippen LogP contribution is 2.29. The Kier molecular flexibility index (Phi) is 5.32. The summed E-state index contributed by atoms with van der Waals surface area (Å²) in [6, 6.07) is 0.107. The highest BCUT2D eigenvalue weighted by atomic mass is 32.2. The molecular formula is C13H21F3N2O2S. The van der Waals surface area contributed by atoms with E-state index in [1.807, 2.05) is 0 Å². The molecule has 0 unspecified atom stereocenters. The Morgan fingerprint density at radius 2 is 1.81 bits per heavy atom. The van der Waals surface area contributed by atoms with E-state index in [9.17, 15) is 21.6 Å². The number of nitrogens with zero attached hydrogens (tertiary/aromatic N) is 1. The molecule has 1 heterocycles. The molecule has 1 aliphatic carbocycles. The van der Waals surface area contributed by atoms with Crippen molar-refractivity contribution in [3.05, 3.63) is 12.2 Å². The second-order valence-corrected chi connectivity index (χ2v) is 7.61. The monoisotopic (exact) mass is 326 g/mol. The van der Waals surface area contributed by atoms with Gasteiger partial charge in [0, 0.05) is 19.1 Å². The van der Waals surface area contributed by atoms with Gasteiger partial charge in [0.05, 0.1) is 0 Å². The minimum absolute atomic E-state index is 0.0654. The summed E-state index contributed by atoms with van der Waals surface area (Å²) in [4.78, 5) is 0. The third-order valence-corrected chi connectivity index (χ3v) is 5.79. The fourth-order valence-electron chi connectivity index (χ4n) is 2.82. The van der Waals surface area contributed by atoms with Crippen LogP contribution in [0.1, 0.15) is 32.1 Å². The predicted molar refractivity (Wildman–Crippen MR) is 74.1 cm³/mol. The van der Waals surface area contributed by atoms with Gasteiger partial charge in [-0.3, -0.25) is 0 Å². The van der Waals surface area contributed by atoms with Gasteiger partial charge >= 0.3 is 15.5 Å². The Morgan fingerprint density at radius 1 is 1.14 bits per heavy atom. The summed E-state index contributed by atoms with van der Waals surface area (Å²) in [5.74, 6) is 0.576. The summed E-state index contributed by atoms with van der Waals surface area (Å²) in [5, 5.41) is 3.37. The first-order valence-corrected chi connectivity index (χ1v) is 8.69. The minimum atomic E-state index is -5.19. The molecule has 0 radical (unpaired) electrons. The molecule has 1 atom stereocenters. The van der Waals surface area contributed by atoms with Crippen LogP contribution in [0.3, 0.4) is 0 Å². The van der Waals surface area contributed by atoms with Crippen LogP contribution in [0.2, 0.25) is 0 Å². The van der Waals surface area contributed by atoms with Crippen molar-refractivity contribution in [3.8, 4) is 0 Å². The molecule has 0 aromatic heterocycles. The molecule has 1 fully saturated rings. The summed E-state index contributed by atoms with van der Waals surface area (Å²) in [7, 11) is -5.16. The van der Waals surface area contributed by atoms with Gasteiger partial charge in [-0.1, -0.05) is 12.2 Å². The van der Waals surface area contributed by atoms with E-state index in [1.54, 1.807) is 0 Å². The number of rotatable bonds is 4. The van der Waals surface area contributed by atoms with Gasteiger partial charge in [0.25, 0.3) is 0 Å². The third kappa shape index (κ3) is 4.20. The molecular weight excluding hydrogens is 305 g/mol. The standard InChI is InChI=1S/C13H21F3N2O2S/c14-13(15,16)21(19,20)18-8-6-12(7-9-18)17-10-11-4-2-1-3-5-11/h1-2,11-12,17H,3-10H2/t11-/m1/s1. The smallest absolute Gasteiger partial charge is 0.314 e. The number of hydrogen-bond acceptors (Lipinski definition) is 3. The molecule has 0 amide bonds. The van der Waals surface area contributed by atoms with Crippen molar-refractivity contribution in [3.63, 3.8) is 0 Å². The fraction of sp³-hybridized carbons (Fsp3) is 0.846. The lowest BCUT2D eigenvalue weighted by molar-refractivity contribution is -0.0495. The largest absolute Gasteiger partial charge is 0.511 e. The first-order chi connectivity index (χ1) is 9.80. The van der Waals surface area contributed by atoms with E-state index in [4.69, 9.17) is 0 Å². The zero-order valence-electron chi connectivity index (χ0n) is 11.8. The summed E-state index contributed by atoms with van der Waals surface area (Å²) in [6.07, 6.45) is 8.43. The van der Waals surface area contributed by atoms with Crippen LogP contribution in [0.25, 0.3) is 0 Å². The quantitative estimate of drug-likeness (QED) is 0.806. The van der Waals surface area contributed by atoms with Crippen molar-refractivity contribution in [1.29, 1.82) is 0 Å². The SMILES string of the molecule is O=S(=O)(N1CCC(NC[C@@H]2CC=CCC2)CC1)C(F)(F)F. The molecule has 122 valence electrons. The van der Waals surface area contributed by atoms with E-state index in [1.165, 1.54) is 0 Å². The number of nitrogens with one attached hydrogen (secondary N) is 1. The van der Waals surface area contributed by atoms with Crippen molar-refractivity contribution in [2.75, 3.05) is 19.6 Å². The molecule has 1 N–H and O–H groups in total. The van der Waals surface area contributed by atoms with Crippen LogP contribution in [0.4, 0.5) is 13.2 Å². The molecule has 0 spiro atoms. The zero-order valence-corrected chi connectivity index (χ0v) is 12.6. The van der Waals surface area contributed by atoms with Gasteiger partial charge in [-0.2, -0.15) is 17.5 Å². The first kappa shape index (κ1) is 16.8. The van der Waals surface area contributed by atoms with E-state index < -0.39 is 15.5 Å². The Labute approximate surface area is 123 Å². The van der Waals surface area contributed by atoms with Crippen LogP contribution < -0.4 is 5.32 Å². The summed E-state index contributed by atoms with van der Waals surface area (Å²) < 4.78 is 60.5. The molecule has 0 aromatic carbocycles. The van der Waals surface area contributed by atoms with Gasteiger partial charge in [-0.05, 0) is 44.6 Å². The average Bonchev–Trinajstić information content (AvgIpc) is 2.45. The lowest BCUT2D eigenvalue weighted by atomic mass is 9.94. The zero-order chi connectivity index (χ0) is 15.5. The molecule has 0 aromatic rings. The van der Waals surface area contributed by atoms with Gasteiger partial charge in [0.2, 0.25) is 0 Å². The predicted octanol–water partition coefficient (Wildman–Crippen LogP) is 2.25. The van der Waals surface area contributed by atoms with Crippen LogP contribution in [0, 0.1) is 5.92 Å². The van der Waals surface area contributed by atoms with E-state index in [0.29, 0.717) is 23.1 Å². The number of piperidine rings is 1. The lowest BCUT2D eigenvalue weighted by Gasteiger charge is -2.33. The van der Waals surface area contributed by atoms with Gasteiger partial charge in [0.1, 0.15) is 0 Å². The van der Waals surface area contributed by atoms with Gasteiger partial charge in [-0.25, -0.2) is 8.42 Å². The first-order valence-electron chi connectivity index (χ1n) is 7.25. The minimum Gasteiger partial charge on any atom is -0.314 e. The van der Waals surface area contributed by atoms with Crippen molar-refractivity contribution >= 4 is 10.0 Å². The second kappa shape index (κ2) is 6.66. The van der Waals surface area contributed by atoms with E-state index in [2.05, 4.69) is 17.5 Å². The number of hydrogen-bond donors (Lipinski definition) is 1. The molecule has 21 heavy (non-hydrogen) atoms. The van der Waals surface area contributed by atoms with Crippen molar-refractivity contribution in [1.82, 2.24) is 9.62 Å². The van der Waals surface area contributed by atoms with Crippen LogP contribution in [0.5, 0.6) is 0 Å². The van der Waals surface area contributed by atoms with Crippen molar-refractivity contribution in [2.24, 2.45) is 5.92 Å². The van der Waals surface area contributed by atoms with E-state index in [-0.39, 0.29) is 19.1 Å². The molecule has 8 heteroatoms. The molecule has 1 saturated heterocycles. The van der Waals surface area contributed by atoms with E-state index >= 15 is 0 Å². The van der Waals surface area contributed by atoms with Gasteiger partial charge < -0.3 is 5.32 Å². The Morgan fingerprint density at radius 3 is 2.33 bits per heavy atom. The number of halogens is 3. The number of sulfonamides is 1. The van der Waals surface area contributed by atoms with Gasteiger partial charge in [0.15, 0.2) is 0 Å². The fourth-order valence-corrected chi connectivity index (χ4v) is 3.81. The lowest BCUT2D eigenvalue weighted by Crippen LogP contribution is -2.49. The summed E-state index contributed by atoms with van der Waals surface area (Å²) in [5.41, 5.74) is -5.19. The molecule has 4 nitrogen and oxygen atoms in total. The number of allylic oxidation sites excluding steroid dienone is 2. The topological polar surface area (TPSA) is 49.4 Å². The molecule has 0 saturated carbocycles. The number of alkyl halides is 3. The maximum Gasteiger partial charge on any atom is 0.511 e. The van der Waals surface area contributed by atoms with Crippen LogP contribution in [0.15, 0.2) is 12.2 Å². The third-order valence-electron chi connectivity index (χ3n) is 4.16. The maximum absolute atomic E-state index is 12.5. The van der Waals surface area contributed by atoms with Crippen molar-refractivity contribution in [2.45, 2.75) is 43.7 Å². The Hall–Kier alpha value is -0.600. The van der Waals surface area contributed by atoms with Crippen LogP contribution in [-0.4, -0.2) is 43.9 Å².